The highest BCUT2D eigenvalue weighted by Crippen LogP contribution is 2.14. The number of ether oxygens (including phenoxy) is 1. The zero-order valence-corrected chi connectivity index (χ0v) is 18.2. The van der Waals surface area contributed by atoms with E-state index in [-0.39, 0.29) is 5.56 Å². The molecule has 1 aromatic heterocycles. The first-order valence-corrected chi connectivity index (χ1v) is 10.4. The number of aromatic amines is 1. The number of hydrogen-bond acceptors (Lipinski definition) is 3. The molecule has 2 aromatic rings. The minimum absolute atomic E-state index is 0.0574. The van der Waals surface area contributed by atoms with E-state index in [2.05, 4.69) is 35.1 Å². The van der Waals surface area contributed by atoms with Gasteiger partial charge in [-0.2, -0.15) is 0 Å². The van der Waals surface area contributed by atoms with E-state index in [4.69, 9.17) is 17.0 Å². The van der Waals surface area contributed by atoms with Gasteiger partial charge in [-0.15, -0.1) is 0 Å². The Morgan fingerprint density at radius 3 is 2.71 bits per heavy atom. The molecule has 0 fully saturated rings. The minimum Gasteiger partial charge on any atom is -0.383 e. The van der Waals surface area contributed by atoms with E-state index in [1.54, 1.807) is 7.11 Å². The maximum Gasteiger partial charge on any atom is 0.253 e. The zero-order chi connectivity index (χ0) is 20.5. The molecule has 7 heteroatoms. The van der Waals surface area contributed by atoms with Gasteiger partial charge < -0.3 is 24.8 Å². The molecule has 3 N–H and O–H groups in total. The molecule has 0 saturated heterocycles. The van der Waals surface area contributed by atoms with E-state index in [0.29, 0.717) is 24.8 Å². The molecule has 0 bridgehead atoms. The molecule has 0 aliphatic rings. The maximum absolute atomic E-state index is 12.6. The van der Waals surface area contributed by atoms with Gasteiger partial charge in [-0.1, -0.05) is 12.1 Å². The molecule has 0 aliphatic heterocycles. The summed E-state index contributed by atoms with van der Waals surface area (Å²) in [7, 11) is 1.67. The second-order valence-electron chi connectivity index (χ2n) is 7.07. The number of H-pyrrole nitrogens is 1. The van der Waals surface area contributed by atoms with Crippen LogP contribution in [0.2, 0.25) is 0 Å². The quantitative estimate of drug-likeness (QED) is 0.408. The van der Waals surface area contributed by atoms with Crippen molar-refractivity contribution in [2.24, 2.45) is 0 Å². The van der Waals surface area contributed by atoms with Crippen LogP contribution in [-0.4, -0.2) is 61.4 Å². The molecule has 2 rings (SSSR count). The predicted molar refractivity (Wildman–Crippen MR) is 119 cm³/mol. The Morgan fingerprint density at radius 2 is 2.04 bits per heavy atom. The van der Waals surface area contributed by atoms with Crippen molar-refractivity contribution in [3.05, 3.63) is 45.7 Å². The van der Waals surface area contributed by atoms with Gasteiger partial charge in [0, 0.05) is 24.7 Å². The van der Waals surface area contributed by atoms with E-state index in [1.807, 2.05) is 25.1 Å². The minimum atomic E-state index is -0.0574. The number of aromatic nitrogens is 1. The average molecular weight is 406 g/mol. The summed E-state index contributed by atoms with van der Waals surface area (Å²) in [5.41, 5.74) is 2.66. The monoisotopic (exact) mass is 405 g/mol. The van der Waals surface area contributed by atoms with E-state index in [9.17, 15) is 4.79 Å². The summed E-state index contributed by atoms with van der Waals surface area (Å²) in [4.78, 5) is 19.2. The summed E-state index contributed by atoms with van der Waals surface area (Å²) in [6.07, 6.45) is 0. The van der Waals surface area contributed by atoms with Gasteiger partial charge in [0.1, 0.15) is 0 Å². The number of thiocarbonyl (C=S) groups is 1. The lowest BCUT2D eigenvalue weighted by Gasteiger charge is -2.27. The SMILES string of the molecule is CC[NH+](CC)CCN(Cc1cc2ccc(C)cc2[nH]c1=O)C(=S)NCCOC. The van der Waals surface area contributed by atoms with Crippen LogP contribution < -0.4 is 15.8 Å². The molecular weight excluding hydrogens is 372 g/mol. The lowest BCUT2D eigenvalue weighted by atomic mass is 10.1. The van der Waals surface area contributed by atoms with Crippen molar-refractivity contribution in [1.29, 1.82) is 0 Å². The molecular formula is C21H33N4O2S+. The van der Waals surface area contributed by atoms with Gasteiger partial charge in [-0.05, 0) is 56.1 Å². The van der Waals surface area contributed by atoms with Gasteiger partial charge in [-0.25, -0.2) is 0 Å². The number of benzene rings is 1. The first-order valence-electron chi connectivity index (χ1n) is 9.96. The Hall–Kier alpha value is -1.96. The second kappa shape index (κ2) is 11.1. The van der Waals surface area contributed by atoms with Gasteiger partial charge in [0.25, 0.3) is 5.56 Å². The summed E-state index contributed by atoms with van der Waals surface area (Å²) in [6, 6.07) is 8.08. The molecule has 0 atom stereocenters. The Morgan fingerprint density at radius 1 is 1.29 bits per heavy atom. The van der Waals surface area contributed by atoms with E-state index < -0.39 is 0 Å². The molecule has 0 aliphatic carbocycles. The zero-order valence-electron chi connectivity index (χ0n) is 17.4. The summed E-state index contributed by atoms with van der Waals surface area (Å²) in [5.74, 6) is 0. The van der Waals surface area contributed by atoms with Crippen LogP contribution in [0.3, 0.4) is 0 Å². The number of quaternary nitrogens is 1. The molecule has 0 radical (unpaired) electrons. The third kappa shape index (κ3) is 6.29. The number of nitrogens with one attached hydrogen (secondary N) is 3. The summed E-state index contributed by atoms with van der Waals surface area (Å²) >= 11 is 5.61. The lowest BCUT2D eigenvalue weighted by molar-refractivity contribution is -0.895. The van der Waals surface area contributed by atoms with E-state index in [1.165, 1.54) is 4.90 Å². The van der Waals surface area contributed by atoms with Crippen LogP contribution in [0, 0.1) is 6.92 Å². The van der Waals surface area contributed by atoms with Crippen molar-refractivity contribution in [2.75, 3.05) is 46.4 Å². The first-order chi connectivity index (χ1) is 13.5. The average Bonchev–Trinajstić information content (AvgIpc) is 2.68. The Labute approximate surface area is 172 Å². The molecule has 0 saturated carbocycles. The van der Waals surface area contributed by atoms with Crippen LogP contribution in [0.25, 0.3) is 10.9 Å². The van der Waals surface area contributed by atoms with Crippen LogP contribution in [0.5, 0.6) is 0 Å². The number of pyridine rings is 1. The van der Waals surface area contributed by atoms with E-state index >= 15 is 0 Å². The highest BCUT2D eigenvalue weighted by molar-refractivity contribution is 7.80. The van der Waals surface area contributed by atoms with E-state index in [0.717, 1.165) is 48.2 Å². The molecule has 1 heterocycles. The molecule has 154 valence electrons. The predicted octanol–water partition coefficient (Wildman–Crippen LogP) is 1.08. The Kier molecular flexibility index (Phi) is 8.89. The third-order valence-electron chi connectivity index (χ3n) is 5.04. The molecule has 28 heavy (non-hydrogen) atoms. The lowest BCUT2D eigenvalue weighted by Crippen LogP contribution is -3.12. The second-order valence-corrected chi connectivity index (χ2v) is 7.45. The number of rotatable bonds is 10. The summed E-state index contributed by atoms with van der Waals surface area (Å²) in [6.45, 7) is 12.0. The van der Waals surface area contributed by atoms with Gasteiger partial charge in [0.15, 0.2) is 5.11 Å². The number of likely N-dealkylation sites (N-methyl/N-ethyl adjacent to an activating group) is 1. The van der Waals surface area contributed by atoms with Crippen LogP contribution in [0.15, 0.2) is 29.1 Å². The standard InChI is InChI=1S/C21H32N4O2S/c1-5-24(6-2)10-11-25(21(28)22-9-12-27-4)15-18-14-17-8-7-16(3)13-19(17)23-20(18)26/h7-8,13-14H,5-6,9-12,15H2,1-4H3,(H,22,28)(H,23,26)/p+1. The highest BCUT2D eigenvalue weighted by atomic mass is 32.1. The van der Waals surface area contributed by atoms with Crippen molar-refractivity contribution in [1.82, 2.24) is 15.2 Å². The van der Waals surface area contributed by atoms with Crippen LogP contribution in [0.1, 0.15) is 25.0 Å². The summed E-state index contributed by atoms with van der Waals surface area (Å²) < 4.78 is 5.10. The molecule has 1 aromatic carbocycles. The van der Waals surface area contributed by atoms with Gasteiger partial charge in [-0.3, -0.25) is 4.79 Å². The number of hydrogen-bond donors (Lipinski definition) is 3. The number of aryl methyl sites for hydroxylation is 1. The smallest absolute Gasteiger partial charge is 0.253 e. The van der Waals surface area contributed by atoms with Crippen LogP contribution in [0.4, 0.5) is 0 Å². The number of methoxy groups -OCH3 is 1. The topological polar surface area (TPSA) is 61.8 Å². The van der Waals surface area contributed by atoms with Crippen molar-refractivity contribution in [3.8, 4) is 0 Å². The van der Waals surface area contributed by atoms with Gasteiger partial charge in [0.05, 0.1) is 39.3 Å². The molecule has 6 nitrogen and oxygen atoms in total. The normalized spacial score (nSPS) is 11.2. The van der Waals surface area contributed by atoms with Crippen molar-refractivity contribution in [2.45, 2.75) is 27.3 Å². The van der Waals surface area contributed by atoms with Crippen LogP contribution in [-0.2, 0) is 11.3 Å². The highest BCUT2D eigenvalue weighted by Gasteiger charge is 2.15. The molecule has 0 unspecified atom stereocenters. The Balaban J connectivity index is 2.21. The molecule has 0 amide bonds. The largest absolute Gasteiger partial charge is 0.383 e. The van der Waals surface area contributed by atoms with Crippen LogP contribution >= 0.6 is 12.2 Å². The Bertz CT molecular complexity index is 833. The fourth-order valence-electron chi connectivity index (χ4n) is 3.20. The third-order valence-corrected chi connectivity index (χ3v) is 5.45. The van der Waals surface area contributed by atoms with Crippen molar-refractivity contribution >= 4 is 28.2 Å². The first kappa shape index (κ1) is 22.3. The fourth-order valence-corrected chi connectivity index (χ4v) is 3.46. The fraction of sp³-hybridized carbons (Fsp3) is 0.524. The maximum atomic E-state index is 12.6. The summed E-state index contributed by atoms with van der Waals surface area (Å²) in [5, 5.41) is 4.93. The number of fused-ring (bicyclic) bond motifs is 1. The molecule has 0 spiro atoms. The number of nitrogens with zero attached hydrogens (tertiary/aromatic N) is 1. The van der Waals surface area contributed by atoms with Gasteiger partial charge >= 0.3 is 0 Å². The van der Waals surface area contributed by atoms with Crippen molar-refractivity contribution in [3.63, 3.8) is 0 Å². The van der Waals surface area contributed by atoms with Gasteiger partial charge in [0.2, 0.25) is 0 Å². The van der Waals surface area contributed by atoms with Crippen molar-refractivity contribution < 1.29 is 9.64 Å².